The lowest BCUT2D eigenvalue weighted by molar-refractivity contribution is 0.0565. The molecule has 2 amide bonds. The van der Waals surface area contributed by atoms with Gasteiger partial charge in [0, 0.05) is 45.8 Å². The predicted octanol–water partition coefficient (Wildman–Crippen LogP) is 2.34. The summed E-state index contributed by atoms with van der Waals surface area (Å²) in [5.41, 5.74) is 1.53. The number of carbonyl (C=O) groups excluding carboxylic acids is 2. The Bertz CT molecular complexity index is 851. The molecule has 1 aromatic heterocycles. The van der Waals surface area contributed by atoms with Gasteiger partial charge >= 0.3 is 6.09 Å². The highest BCUT2D eigenvalue weighted by molar-refractivity contribution is 5.93. The Labute approximate surface area is 171 Å². The Balaban J connectivity index is 1.68. The zero-order valence-corrected chi connectivity index (χ0v) is 17.2. The lowest BCUT2D eigenvalue weighted by atomic mass is 10.2. The van der Waals surface area contributed by atoms with Crippen LogP contribution in [0.25, 0.3) is 0 Å². The summed E-state index contributed by atoms with van der Waals surface area (Å²) in [4.78, 5) is 39.0. The maximum absolute atomic E-state index is 13.0. The predicted molar refractivity (Wildman–Crippen MR) is 110 cm³/mol. The molecular weight excluding hydrogens is 370 g/mol. The number of carbonyl (C=O) groups is 2. The van der Waals surface area contributed by atoms with E-state index in [2.05, 4.69) is 22.1 Å². The van der Waals surface area contributed by atoms with Gasteiger partial charge in [0.1, 0.15) is 17.3 Å². The van der Waals surface area contributed by atoms with Crippen LogP contribution in [0.4, 0.5) is 10.6 Å². The highest BCUT2D eigenvalue weighted by atomic mass is 16.6. The van der Waals surface area contributed by atoms with Crippen LogP contribution in [0.3, 0.4) is 0 Å². The van der Waals surface area contributed by atoms with E-state index in [0.29, 0.717) is 56.7 Å². The molecule has 0 bridgehead atoms. The quantitative estimate of drug-likeness (QED) is 0.771. The van der Waals surface area contributed by atoms with Crippen molar-refractivity contribution in [3.63, 3.8) is 0 Å². The number of nitrogens with zero attached hydrogens (tertiary/aromatic N) is 5. The van der Waals surface area contributed by atoms with E-state index in [0.717, 1.165) is 5.56 Å². The lowest BCUT2D eigenvalue weighted by Crippen LogP contribution is -2.50. The summed E-state index contributed by atoms with van der Waals surface area (Å²) in [6.45, 7) is 6.41. The van der Waals surface area contributed by atoms with E-state index in [-0.39, 0.29) is 12.0 Å². The molecule has 0 radical (unpaired) electrons. The van der Waals surface area contributed by atoms with Gasteiger partial charge in [-0.25, -0.2) is 14.8 Å². The third-order valence-electron chi connectivity index (χ3n) is 4.79. The number of hydrogen-bond donors (Lipinski definition) is 0. The van der Waals surface area contributed by atoms with Gasteiger partial charge in [0.15, 0.2) is 0 Å². The molecule has 0 aliphatic carbocycles. The Morgan fingerprint density at radius 3 is 2.38 bits per heavy atom. The van der Waals surface area contributed by atoms with Crippen molar-refractivity contribution in [2.75, 3.05) is 44.7 Å². The molecule has 3 rings (SSSR count). The zero-order valence-electron chi connectivity index (χ0n) is 17.2. The number of aryl methyl sites for hydroxylation is 1. The van der Waals surface area contributed by atoms with E-state index in [1.807, 2.05) is 30.1 Å². The Kier molecular flexibility index (Phi) is 6.64. The van der Waals surface area contributed by atoms with Crippen molar-refractivity contribution in [2.24, 2.45) is 0 Å². The minimum atomic E-state index is -0.331. The molecule has 0 saturated carbocycles. The third kappa shape index (κ3) is 5.22. The van der Waals surface area contributed by atoms with Crippen LogP contribution in [0.5, 0.6) is 0 Å². The van der Waals surface area contributed by atoms with Gasteiger partial charge in [0.2, 0.25) is 0 Å². The molecule has 0 atom stereocenters. The summed E-state index contributed by atoms with van der Waals surface area (Å²) in [5, 5.41) is 0. The monoisotopic (exact) mass is 397 g/mol. The van der Waals surface area contributed by atoms with E-state index in [9.17, 15) is 9.59 Å². The SMILES string of the molecule is CCOC(=O)N1CCN(C(=O)c2cc(N(C)Cc3ccccc3)nc(C)n2)CC1. The van der Waals surface area contributed by atoms with Crippen molar-refractivity contribution < 1.29 is 14.3 Å². The molecule has 154 valence electrons. The van der Waals surface area contributed by atoms with Gasteiger partial charge in [-0.05, 0) is 19.4 Å². The smallest absolute Gasteiger partial charge is 0.409 e. The van der Waals surface area contributed by atoms with Crippen LogP contribution in [0, 0.1) is 6.92 Å². The van der Waals surface area contributed by atoms with Crippen molar-refractivity contribution in [1.29, 1.82) is 0 Å². The second kappa shape index (κ2) is 9.36. The van der Waals surface area contributed by atoms with Crippen molar-refractivity contribution >= 4 is 17.8 Å². The largest absolute Gasteiger partial charge is 0.450 e. The van der Waals surface area contributed by atoms with Gasteiger partial charge in [-0.3, -0.25) is 4.79 Å². The van der Waals surface area contributed by atoms with Crippen LogP contribution in [0.15, 0.2) is 36.4 Å². The highest BCUT2D eigenvalue weighted by Gasteiger charge is 2.26. The summed E-state index contributed by atoms with van der Waals surface area (Å²) in [5.74, 6) is 1.11. The highest BCUT2D eigenvalue weighted by Crippen LogP contribution is 2.16. The van der Waals surface area contributed by atoms with Gasteiger partial charge in [-0.2, -0.15) is 0 Å². The minimum absolute atomic E-state index is 0.145. The van der Waals surface area contributed by atoms with Crippen LogP contribution in [-0.4, -0.2) is 71.6 Å². The minimum Gasteiger partial charge on any atom is -0.450 e. The molecule has 1 aliphatic rings. The fraction of sp³-hybridized carbons (Fsp3) is 0.429. The number of anilines is 1. The molecule has 1 aromatic carbocycles. The van der Waals surface area contributed by atoms with Crippen LogP contribution < -0.4 is 4.90 Å². The second-order valence-electron chi connectivity index (χ2n) is 6.98. The first-order valence-corrected chi connectivity index (χ1v) is 9.79. The molecule has 29 heavy (non-hydrogen) atoms. The average molecular weight is 397 g/mol. The van der Waals surface area contributed by atoms with Crippen LogP contribution in [-0.2, 0) is 11.3 Å². The maximum Gasteiger partial charge on any atom is 0.409 e. The summed E-state index contributed by atoms with van der Waals surface area (Å²) < 4.78 is 5.03. The standard InChI is InChI=1S/C21H27N5O3/c1-4-29-21(28)26-12-10-25(11-13-26)20(27)18-14-19(23-16(2)22-18)24(3)15-17-8-6-5-7-9-17/h5-9,14H,4,10-13,15H2,1-3H3. The van der Waals surface area contributed by atoms with E-state index in [1.165, 1.54) is 0 Å². The number of piperazine rings is 1. The van der Waals surface area contributed by atoms with Gasteiger partial charge in [0.25, 0.3) is 5.91 Å². The number of aromatic nitrogens is 2. The van der Waals surface area contributed by atoms with Gasteiger partial charge < -0.3 is 19.4 Å². The van der Waals surface area contributed by atoms with Gasteiger partial charge in [-0.1, -0.05) is 30.3 Å². The van der Waals surface area contributed by atoms with Crippen LogP contribution >= 0.6 is 0 Å². The summed E-state index contributed by atoms with van der Waals surface area (Å²) in [7, 11) is 1.95. The maximum atomic E-state index is 13.0. The first kappa shape index (κ1) is 20.6. The molecule has 0 spiro atoms. The second-order valence-corrected chi connectivity index (χ2v) is 6.98. The first-order valence-electron chi connectivity index (χ1n) is 9.79. The Hall–Kier alpha value is -3.16. The fourth-order valence-electron chi connectivity index (χ4n) is 3.26. The molecule has 1 aliphatic heterocycles. The van der Waals surface area contributed by atoms with E-state index in [1.54, 1.807) is 29.7 Å². The number of amides is 2. The topological polar surface area (TPSA) is 78.9 Å². The normalized spacial score (nSPS) is 13.9. The Morgan fingerprint density at radius 2 is 1.72 bits per heavy atom. The molecule has 8 heteroatoms. The molecule has 1 fully saturated rings. The zero-order chi connectivity index (χ0) is 20.8. The van der Waals surface area contributed by atoms with Crippen molar-refractivity contribution in [3.05, 3.63) is 53.5 Å². The van der Waals surface area contributed by atoms with Crippen molar-refractivity contribution in [2.45, 2.75) is 20.4 Å². The Morgan fingerprint density at radius 1 is 1.07 bits per heavy atom. The number of rotatable bonds is 5. The lowest BCUT2D eigenvalue weighted by Gasteiger charge is -2.34. The van der Waals surface area contributed by atoms with E-state index in [4.69, 9.17) is 4.74 Å². The van der Waals surface area contributed by atoms with Gasteiger partial charge in [-0.15, -0.1) is 0 Å². The molecule has 8 nitrogen and oxygen atoms in total. The van der Waals surface area contributed by atoms with E-state index < -0.39 is 0 Å². The van der Waals surface area contributed by atoms with Crippen molar-refractivity contribution in [3.8, 4) is 0 Å². The van der Waals surface area contributed by atoms with Gasteiger partial charge in [0.05, 0.1) is 6.61 Å². The summed E-state index contributed by atoms with van der Waals surface area (Å²) >= 11 is 0. The van der Waals surface area contributed by atoms with Crippen LogP contribution in [0.1, 0.15) is 28.8 Å². The molecule has 2 aromatic rings. The number of ether oxygens (including phenoxy) is 1. The molecule has 0 N–H and O–H groups in total. The number of benzene rings is 1. The van der Waals surface area contributed by atoms with E-state index >= 15 is 0 Å². The summed E-state index contributed by atoms with van der Waals surface area (Å²) in [6.07, 6.45) is -0.331. The molecular formula is C21H27N5O3. The third-order valence-corrected chi connectivity index (χ3v) is 4.79. The molecule has 0 unspecified atom stereocenters. The summed E-state index contributed by atoms with van der Waals surface area (Å²) in [6, 6.07) is 11.8. The molecule has 2 heterocycles. The fourth-order valence-corrected chi connectivity index (χ4v) is 3.26. The average Bonchev–Trinajstić information content (AvgIpc) is 2.74. The van der Waals surface area contributed by atoms with Crippen molar-refractivity contribution in [1.82, 2.24) is 19.8 Å². The first-order chi connectivity index (χ1) is 14.0. The number of hydrogen-bond acceptors (Lipinski definition) is 6. The molecule has 1 saturated heterocycles. The van der Waals surface area contributed by atoms with Crippen LogP contribution in [0.2, 0.25) is 0 Å².